The number of sulfonamides is 1. The summed E-state index contributed by atoms with van der Waals surface area (Å²) < 4.78 is 25.4. The van der Waals surface area contributed by atoms with Crippen molar-refractivity contribution in [3.05, 3.63) is 29.8 Å². The maximum atomic E-state index is 12.2. The number of aliphatic hydroxyl groups is 1. The predicted octanol–water partition coefficient (Wildman–Crippen LogP) is 0.114. The summed E-state index contributed by atoms with van der Waals surface area (Å²) in [5.74, 6) is -0.392. The molecule has 0 radical (unpaired) electrons. The lowest BCUT2D eigenvalue weighted by atomic mass is 10.2. The van der Waals surface area contributed by atoms with E-state index in [-0.39, 0.29) is 18.0 Å². The summed E-state index contributed by atoms with van der Waals surface area (Å²) in [6.07, 6.45) is 0.445. The molecule has 1 aromatic carbocycles. The lowest BCUT2D eigenvalue weighted by Crippen LogP contribution is -2.38. The minimum Gasteiger partial charge on any atom is -0.396 e. The molecular formula is C13H20N2O4S. The Balaban J connectivity index is 2.68. The maximum Gasteiger partial charge on any atom is 0.243 e. The van der Waals surface area contributed by atoms with Gasteiger partial charge in [-0.3, -0.25) is 4.79 Å². The van der Waals surface area contributed by atoms with Crippen LogP contribution in [0.25, 0.3) is 0 Å². The summed E-state index contributed by atoms with van der Waals surface area (Å²) in [6, 6.07) is 6.46. The molecule has 112 valence electrons. The van der Waals surface area contributed by atoms with Crippen LogP contribution in [0.4, 0.5) is 0 Å². The molecule has 0 aliphatic rings. The van der Waals surface area contributed by atoms with Gasteiger partial charge in [0.1, 0.15) is 0 Å². The molecule has 0 fully saturated rings. The van der Waals surface area contributed by atoms with Gasteiger partial charge in [0.05, 0.1) is 11.4 Å². The van der Waals surface area contributed by atoms with Crippen molar-refractivity contribution >= 4 is 15.9 Å². The van der Waals surface area contributed by atoms with Crippen LogP contribution in [0.3, 0.4) is 0 Å². The molecule has 0 unspecified atom stereocenters. The average Bonchev–Trinajstić information content (AvgIpc) is 2.39. The van der Waals surface area contributed by atoms with Crippen molar-refractivity contribution in [2.75, 3.05) is 26.7 Å². The molecule has 0 atom stereocenters. The summed E-state index contributed by atoms with van der Waals surface area (Å²) in [5.41, 5.74) is 0.966. The molecule has 0 spiro atoms. The molecular weight excluding hydrogens is 280 g/mol. The third-order valence-electron chi connectivity index (χ3n) is 2.75. The molecule has 0 aliphatic carbocycles. The van der Waals surface area contributed by atoms with E-state index in [1.165, 1.54) is 19.2 Å². The molecule has 0 bridgehead atoms. The van der Waals surface area contributed by atoms with Gasteiger partial charge in [-0.1, -0.05) is 17.7 Å². The van der Waals surface area contributed by atoms with Crippen LogP contribution >= 0.6 is 0 Å². The highest BCUT2D eigenvalue weighted by molar-refractivity contribution is 7.89. The first-order valence-corrected chi connectivity index (χ1v) is 7.72. The molecule has 6 nitrogen and oxygen atoms in total. The highest BCUT2D eigenvalue weighted by atomic mass is 32.2. The Labute approximate surface area is 119 Å². The van der Waals surface area contributed by atoms with E-state index in [4.69, 9.17) is 5.11 Å². The summed E-state index contributed by atoms with van der Waals surface area (Å²) in [7, 11) is -2.30. The number of carbonyl (C=O) groups excluding carboxylic acids is 1. The number of nitrogens with one attached hydrogen (secondary N) is 1. The van der Waals surface area contributed by atoms with Crippen LogP contribution in [-0.4, -0.2) is 50.5 Å². The van der Waals surface area contributed by atoms with Gasteiger partial charge in [-0.25, -0.2) is 8.42 Å². The summed E-state index contributed by atoms with van der Waals surface area (Å²) in [6.45, 7) is 1.93. The van der Waals surface area contributed by atoms with Gasteiger partial charge >= 0.3 is 0 Å². The highest BCUT2D eigenvalue weighted by Crippen LogP contribution is 2.14. The fourth-order valence-electron chi connectivity index (χ4n) is 1.54. The largest absolute Gasteiger partial charge is 0.396 e. The van der Waals surface area contributed by atoms with Crippen LogP contribution in [0.2, 0.25) is 0 Å². The van der Waals surface area contributed by atoms with Crippen molar-refractivity contribution in [1.29, 1.82) is 0 Å². The topological polar surface area (TPSA) is 86.7 Å². The minimum absolute atomic E-state index is 0.0161. The van der Waals surface area contributed by atoms with E-state index in [9.17, 15) is 13.2 Å². The molecule has 0 heterocycles. The normalized spacial score (nSPS) is 11.6. The maximum absolute atomic E-state index is 12.2. The van der Waals surface area contributed by atoms with Crippen LogP contribution in [0, 0.1) is 6.92 Å². The van der Waals surface area contributed by atoms with Crippen LogP contribution in [0.15, 0.2) is 29.2 Å². The number of aryl methyl sites for hydroxylation is 1. The van der Waals surface area contributed by atoms with Crippen LogP contribution in [-0.2, 0) is 14.8 Å². The molecule has 0 saturated heterocycles. The van der Waals surface area contributed by atoms with Crippen molar-refractivity contribution in [3.8, 4) is 0 Å². The molecule has 0 aromatic heterocycles. The van der Waals surface area contributed by atoms with Crippen LogP contribution in [0.5, 0.6) is 0 Å². The lowest BCUT2D eigenvalue weighted by molar-refractivity contribution is -0.121. The average molecular weight is 300 g/mol. The number of hydrogen-bond acceptors (Lipinski definition) is 4. The fourth-order valence-corrected chi connectivity index (χ4v) is 2.67. The summed E-state index contributed by atoms with van der Waals surface area (Å²) in [5, 5.41) is 11.1. The van der Waals surface area contributed by atoms with Gasteiger partial charge in [0, 0.05) is 20.2 Å². The number of nitrogens with zero attached hydrogens (tertiary/aromatic N) is 1. The van der Waals surface area contributed by atoms with Gasteiger partial charge in [-0.05, 0) is 25.5 Å². The van der Waals surface area contributed by atoms with E-state index in [2.05, 4.69) is 5.32 Å². The van der Waals surface area contributed by atoms with E-state index in [1.54, 1.807) is 12.1 Å². The first-order valence-electron chi connectivity index (χ1n) is 6.28. The smallest absolute Gasteiger partial charge is 0.243 e. The van der Waals surface area contributed by atoms with Gasteiger partial charge in [-0.2, -0.15) is 4.31 Å². The Kier molecular flexibility index (Phi) is 6.12. The Morgan fingerprint density at radius 3 is 2.45 bits per heavy atom. The van der Waals surface area contributed by atoms with E-state index in [0.29, 0.717) is 13.0 Å². The number of hydrogen-bond donors (Lipinski definition) is 2. The first-order chi connectivity index (χ1) is 9.37. The van der Waals surface area contributed by atoms with Gasteiger partial charge < -0.3 is 10.4 Å². The predicted molar refractivity (Wildman–Crippen MR) is 75.7 cm³/mol. The SMILES string of the molecule is Cc1ccc(S(=O)(=O)N(C)CC(=O)NCCCO)cc1. The molecule has 1 amide bonds. The molecule has 0 saturated carbocycles. The Bertz CT molecular complexity index is 540. The second kappa shape index (κ2) is 7.37. The van der Waals surface area contributed by atoms with Crippen molar-refractivity contribution in [3.63, 3.8) is 0 Å². The van der Waals surface area contributed by atoms with Crippen LogP contribution < -0.4 is 5.32 Å². The molecule has 0 aliphatic heterocycles. The Hall–Kier alpha value is -1.44. The number of aliphatic hydroxyl groups excluding tert-OH is 1. The molecule has 1 aromatic rings. The minimum atomic E-state index is -3.66. The van der Waals surface area contributed by atoms with Gasteiger partial charge in [0.25, 0.3) is 0 Å². The zero-order chi connectivity index (χ0) is 15.2. The van der Waals surface area contributed by atoms with Crippen molar-refractivity contribution in [1.82, 2.24) is 9.62 Å². The third-order valence-corrected chi connectivity index (χ3v) is 4.57. The second-order valence-corrected chi connectivity index (χ2v) is 6.55. The Morgan fingerprint density at radius 1 is 1.30 bits per heavy atom. The Morgan fingerprint density at radius 2 is 1.90 bits per heavy atom. The monoisotopic (exact) mass is 300 g/mol. The van der Waals surface area contributed by atoms with E-state index < -0.39 is 15.9 Å². The zero-order valence-electron chi connectivity index (χ0n) is 11.7. The van der Waals surface area contributed by atoms with Gasteiger partial charge in [0.15, 0.2) is 0 Å². The van der Waals surface area contributed by atoms with E-state index in [1.807, 2.05) is 6.92 Å². The standard InChI is InChI=1S/C13H20N2O4S/c1-11-4-6-12(7-5-11)20(18,19)15(2)10-13(17)14-8-3-9-16/h4-7,16H,3,8-10H2,1-2H3,(H,14,17). The fraction of sp³-hybridized carbons (Fsp3) is 0.462. The number of amides is 1. The molecule has 2 N–H and O–H groups in total. The number of carbonyl (C=O) groups is 1. The lowest BCUT2D eigenvalue weighted by Gasteiger charge is -2.17. The number of likely N-dealkylation sites (N-methyl/N-ethyl adjacent to an activating group) is 1. The molecule has 20 heavy (non-hydrogen) atoms. The third kappa shape index (κ3) is 4.59. The van der Waals surface area contributed by atoms with Crippen molar-refractivity contribution in [2.24, 2.45) is 0 Å². The van der Waals surface area contributed by atoms with Crippen molar-refractivity contribution < 1.29 is 18.3 Å². The van der Waals surface area contributed by atoms with Crippen LogP contribution in [0.1, 0.15) is 12.0 Å². The van der Waals surface area contributed by atoms with E-state index >= 15 is 0 Å². The summed E-state index contributed by atoms with van der Waals surface area (Å²) >= 11 is 0. The van der Waals surface area contributed by atoms with Gasteiger partial charge in [0.2, 0.25) is 15.9 Å². The van der Waals surface area contributed by atoms with Crippen molar-refractivity contribution in [2.45, 2.75) is 18.2 Å². The number of rotatable bonds is 7. The first kappa shape index (κ1) is 16.6. The summed E-state index contributed by atoms with van der Waals surface area (Å²) in [4.78, 5) is 11.7. The second-order valence-electron chi connectivity index (χ2n) is 4.50. The zero-order valence-corrected chi connectivity index (χ0v) is 12.5. The van der Waals surface area contributed by atoms with E-state index in [0.717, 1.165) is 9.87 Å². The molecule has 7 heteroatoms. The molecule has 1 rings (SSSR count). The van der Waals surface area contributed by atoms with Gasteiger partial charge in [-0.15, -0.1) is 0 Å². The number of benzene rings is 1. The quantitative estimate of drug-likeness (QED) is 0.700. The highest BCUT2D eigenvalue weighted by Gasteiger charge is 2.22.